The lowest BCUT2D eigenvalue weighted by molar-refractivity contribution is 0.303. The summed E-state index contributed by atoms with van der Waals surface area (Å²) >= 11 is 0. The van der Waals surface area contributed by atoms with Gasteiger partial charge in [-0.1, -0.05) is 12.2 Å². The minimum absolute atomic E-state index is 0.0378. The van der Waals surface area contributed by atoms with Crippen molar-refractivity contribution in [2.24, 2.45) is 0 Å². The van der Waals surface area contributed by atoms with Crippen LogP contribution in [-0.2, 0) is 0 Å². The highest BCUT2D eigenvalue weighted by atomic mass is 19.1. The average molecular weight is 191 g/mol. The van der Waals surface area contributed by atoms with Gasteiger partial charge in [-0.05, 0) is 24.6 Å². The Kier molecular flexibility index (Phi) is 3.84. The Morgan fingerprint density at radius 3 is 2.93 bits per heavy atom. The molecule has 0 heterocycles. The molecule has 0 aromatic heterocycles. The van der Waals surface area contributed by atoms with E-state index in [0.717, 1.165) is 0 Å². The summed E-state index contributed by atoms with van der Waals surface area (Å²) in [5, 5.41) is 17.1. The number of aliphatic hydroxyl groups is 1. The molecular formula is C11H10FNO. The predicted molar refractivity (Wildman–Crippen MR) is 51.9 cm³/mol. The monoisotopic (exact) mass is 191 g/mol. The topological polar surface area (TPSA) is 44.0 Å². The van der Waals surface area contributed by atoms with Crippen LogP contribution in [0.5, 0.6) is 0 Å². The number of hydrogen-bond acceptors (Lipinski definition) is 2. The summed E-state index contributed by atoms with van der Waals surface area (Å²) < 4.78 is 13.1. The summed E-state index contributed by atoms with van der Waals surface area (Å²) in [6.45, 7) is 0.0378. The van der Waals surface area contributed by atoms with Crippen LogP contribution < -0.4 is 0 Å². The number of rotatable bonds is 3. The molecule has 0 spiro atoms. The maximum Gasteiger partial charge on any atom is 0.130 e. The van der Waals surface area contributed by atoms with Gasteiger partial charge in [-0.25, -0.2) is 4.39 Å². The number of benzene rings is 1. The SMILES string of the molecule is N#Cc1ccc(F)c(C=CCCO)c1. The standard InChI is InChI=1S/C11H10FNO/c12-11-5-4-9(8-13)7-10(11)3-1-2-6-14/h1,3-5,7,14H,2,6H2. The van der Waals surface area contributed by atoms with E-state index in [-0.39, 0.29) is 12.4 Å². The van der Waals surface area contributed by atoms with Gasteiger partial charge >= 0.3 is 0 Å². The highest BCUT2D eigenvalue weighted by Crippen LogP contribution is 2.11. The molecule has 0 aliphatic rings. The van der Waals surface area contributed by atoms with E-state index in [9.17, 15) is 4.39 Å². The van der Waals surface area contributed by atoms with Crippen LogP contribution in [0.4, 0.5) is 4.39 Å². The molecule has 0 saturated heterocycles. The van der Waals surface area contributed by atoms with Gasteiger partial charge in [0.1, 0.15) is 5.82 Å². The van der Waals surface area contributed by atoms with E-state index in [0.29, 0.717) is 17.5 Å². The third-order valence-electron chi connectivity index (χ3n) is 1.72. The van der Waals surface area contributed by atoms with Crippen molar-refractivity contribution in [3.05, 3.63) is 41.2 Å². The first-order valence-electron chi connectivity index (χ1n) is 4.25. The molecule has 0 radical (unpaired) electrons. The molecule has 72 valence electrons. The average Bonchev–Trinajstić information content (AvgIpc) is 2.21. The van der Waals surface area contributed by atoms with Crippen molar-refractivity contribution < 1.29 is 9.50 Å². The lowest BCUT2D eigenvalue weighted by Crippen LogP contribution is -1.84. The molecule has 3 heteroatoms. The van der Waals surface area contributed by atoms with Crippen LogP contribution in [0.25, 0.3) is 6.08 Å². The van der Waals surface area contributed by atoms with Crippen LogP contribution in [0, 0.1) is 17.1 Å². The molecule has 0 aliphatic heterocycles. The minimum Gasteiger partial charge on any atom is -0.396 e. The zero-order valence-electron chi connectivity index (χ0n) is 7.57. The summed E-state index contributed by atoms with van der Waals surface area (Å²) in [5.41, 5.74) is 0.799. The molecule has 1 N–H and O–H groups in total. The zero-order chi connectivity index (χ0) is 10.4. The second kappa shape index (κ2) is 5.15. The Morgan fingerprint density at radius 1 is 1.50 bits per heavy atom. The van der Waals surface area contributed by atoms with Gasteiger partial charge in [-0.3, -0.25) is 0 Å². The lowest BCUT2D eigenvalue weighted by Gasteiger charge is -1.96. The molecule has 0 atom stereocenters. The van der Waals surface area contributed by atoms with Crippen molar-refractivity contribution in [1.82, 2.24) is 0 Å². The van der Waals surface area contributed by atoms with Crippen molar-refractivity contribution >= 4 is 6.08 Å². The smallest absolute Gasteiger partial charge is 0.130 e. The zero-order valence-corrected chi connectivity index (χ0v) is 7.57. The van der Waals surface area contributed by atoms with E-state index < -0.39 is 0 Å². The van der Waals surface area contributed by atoms with E-state index in [1.807, 2.05) is 6.07 Å². The van der Waals surface area contributed by atoms with E-state index in [1.165, 1.54) is 18.2 Å². The molecule has 1 rings (SSSR count). The van der Waals surface area contributed by atoms with Crippen molar-refractivity contribution in [3.8, 4) is 6.07 Å². The van der Waals surface area contributed by atoms with Crippen LogP contribution in [0.2, 0.25) is 0 Å². The molecule has 0 aliphatic carbocycles. The Morgan fingerprint density at radius 2 is 2.29 bits per heavy atom. The van der Waals surface area contributed by atoms with Crippen molar-refractivity contribution in [3.63, 3.8) is 0 Å². The van der Waals surface area contributed by atoms with Gasteiger partial charge in [0.2, 0.25) is 0 Å². The van der Waals surface area contributed by atoms with Crippen molar-refractivity contribution in [2.45, 2.75) is 6.42 Å². The van der Waals surface area contributed by atoms with Crippen molar-refractivity contribution in [1.29, 1.82) is 5.26 Å². The lowest BCUT2D eigenvalue weighted by atomic mass is 10.1. The quantitative estimate of drug-likeness (QED) is 0.795. The van der Waals surface area contributed by atoms with Gasteiger partial charge in [-0.15, -0.1) is 0 Å². The molecule has 0 unspecified atom stereocenters. The van der Waals surface area contributed by atoms with Crippen molar-refractivity contribution in [2.75, 3.05) is 6.61 Å². The Bertz CT molecular complexity index is 379. The highest BCUT2D eigenvalue weighted by molar-refractivity contribution is 5.52. The highest BCUT2D eigenvalue weighted by Gasteiger charge is 1.99. The molecule has 1 aromatic carbocycles. The van der Waals surface area contributed by atoms with Gasteiger partial charge in [0.25, 0.3) is 0 Å². The number of hydrogen-bond donors (Lipinski definition) is 1. The van der Waals surface area contributed by atoms with E-state index >= 15 is 0 Å². The summed E-state index contributed by atoms with van der Waals surface area (Å²) in [6.07, 6.45) is 3.71. The fraction of sp³-hybridized carbons (Fsp3) is 0.182. The second-order valence-electron chi connectivity index (χ2n) is 2.76. The molecule has 0 fully saturated rings. The number of nitriles is 1. The number of aliphatic hydroxyl groups excluding tert-OH is 1. The van der Waals surface area contributed by atoms with Gasteiger partial charge in [-0.2, -0.15) is 5.26 Å². The third-order valence-corrected chi connectivity index (χ3v) is 1.72. The van der Waals surface area contributed by atoms with Crippen LogP contribution in [-0.4, -0.2) is 11.7 Å². The summed E-state index contributed by atoms with van der Waals surface area (Å²) in [6, 6.07) is 6.10. The van der Waals surface area contributed by atoms with Crippen LogP contribution in [0.1, 0.15) is 17.5 Å². The summed E-state index contributed by atoms with van der Waals surface area (Å²) in [4.78, 5) is 0. The van der Waals surface area contributed by atoms with Gasteiger partial charge < -0.3 is 5.11 Å². The van der Waals surface area contributed by atoms with Gasteiger partial charge in [0.05, 0.1) is 11.6 Å². The second-order valence-corrected chi connectivity index (χ2v) is 2.76. The Labute approximate surface area is 81.9 Å². The number of nitrogens with zero attached hydrogens (tertiary/aromatic N) is 1. The fourth-order valence-corrected chi connectivity index (χ4v) is 1.03. The van der Waals surface area contributed by atoms with E-state index in [2.05, 4.69) is 0 Å². The molecular weight excluding hydrogens is 181 g/mol. The molecule has 14 heavy (non-hydrogen) atoms. The Hall–Kier alpha value is -1.66. The fourth-order valence-electron chi connectivity index (χ4n) is 1.03. The largest absolute Gasteiger partial charge is 0.396 e. The predicted octanol–water partition coefficient (Wildman–Crippen LogP) is 2.09. The summed E-state index contributed by atoms with van der Waals surface area (Å²) in [7, 11) is 0. The first-order chi connectivity index (χ1) is 6.77. The first kappa shape index (κ1) is 10.4. The molecule has 2 nitrogen and oxygen atoms in total. The molecule has 1 aromatic rings. The minimum atomic E-state index is -0.363. The molecule has 0 saturated carbocycles. The maximum atomic E-state index is 13.1. The Balaban J connectivity index is 2.90. The normalized spacial score (nSPS) is 10.4. The first-order valence-corrected chi connectivity index (χ1v) is 4.25. The van der Waals surface area contributed by atoms with Gasteiger partial charge in [0.15, 0.2) is 0 Å². The number of halogens is 1. The maximum absolute atomic E-state index is 13.1. The van der Waals surface area contributed by atoms with Gasteiger partial charge in [0, 0.05) is 12.2 Å². The van der Waals surface area contributed by atoms with Crippen LogP contribution in [0.15, 0.2) is 24.3 Å². The van der Waals surface area contributed by atoms with E-state index in [1.54, 1.807) is 12.2 Å². The van der Waals surface area contributed by atoms with Crippen LogP contribution in [0.3, 0.4) is 0 Å². The third kappa shape index (κ3) is 2.68. The summed E-state index contributed by atoms with van der Waals surface area (Å²) in [5.74, 6) is -0.363. The molecule has 0 bridgehead atoms. The molecule has 0 amide bonds. The van der Waals surface area contributed by atoms with Crippen LogP contribution >= 0.6 is 0 Å². The van der Waals surface area contributed by atoms with E-state index in [4.69, 9.17) is 10.4 Å².